The number of carbonyl (C=O) groups excluding carboxylic acids is 3. The molecule has 0 bridgehead atoms. The van der Waals surface area contributed by atoms with Crippen LogP contribution in [0.4, 0.5) is 22.0 Å². The van der Waals surface area contributed by atoms with Crippen LogP contribution in [-0.4, -0.2) is 43.0 Å². The van der Waals surface area contributed by atoms with Crippen LogP contribution in [0.3, 0.4) is 0 Å². The Morgan fingerprint density at radius 3 is 2.48 bits per heavy atom. The van der Waals surface area contributed by atoms with Crippen molar-refractivity contribution in [1.82, 2.24) is 10.3 Å². The highest BCUT2D eigenvalue weighted by molar-refractivity contribution is 6.30. The van der Waals surface area contributed by atoms with Gasteiger partial charge in [-0.2, -0.15) is 0 Å². The smallest absolute Gasteiger partial charge is 0.414 e. The summed E-state index contributed by atoms with van der Waals surface area (Å²) >= 11 is 5.92. The molecule has 1 saturated carbocycles. The van der Waals surface area contributed by atoms with Gasteiger partial charge in [0.1, 0.15) is 23.7 Å². The molecule has 0 aliphatic heterocycles. The highest BCUT2D eigenvalue weighted by atomic mass is 35.5. The van der Waals surface area contributed by atoms with Crippen LogP contribution in [-0.2, 0) is 16.1 Å². The molecule has 42 heavy (non-hydrogen) atoms. The van der Waals surface area contributed by atoms with Gasteiger partial charge in [-0.15, -0.1) is 0 Å². The first-order valence-corrected chi connectivity index (χ1v) is 14.1. The maximum Gasteiger partial charge on any atom is 0.414 e. The molecule has 0 atom stereocenters. The lowest BCUT2D eigenvalue weighted by molar-refractivity contribution is -0.120. The average molecular weight is 590 g/mol. The van der Waals surface area contributed by atoms with Gasteiger partial charge in [0.05, 0.1) is 5.02 Å². The second-order valence-corrected chi connectivity index (χ2v) is 10.7. The molecule has 0 unspecified atom stereocenters. The summed E-state index contributed by atoms with van der Waals surface area (Å²) in [6.07, 6.45) is 4.08. The first-order valence-electron chi connectivity index (χ1n) is 13.7. The summed E-state index contributed by atoms with van der Waals surface area (Å²) in [5, 5.41) is 9.83. The van der Waals surface area contributed by atoms with Crippen LogP contribution >= 0.6 is 11.6 Å². The Kier molecular flexibility index (Phi) is 9.04. The number of amides is 3. The molecule has 0 spiro atoms. The fraction of sp³-hybridized carbons (Fsp3) is 0.290. The zero-order valence-electron chi connectivity index (χ0n) is 23.4. The molecular formula is C31H32ClN5O5. The number of hydrogen-bond acceptors (Lipinski definition) is 7. The van der Waals surface area contributed by atoms with Crippen LogP contribution in [0.1, 0.15) is 41.8 Å². The molecule has 0 saturated heterocycles. The summed E-state index contributed by atoms with van der Waals surface area (Å²) in [6.45, 7) is 0.123. The van der Waals surface area contributed by atoms with Crippen molar-refractivity contribution in [2.24, 2.45) is 5.92 Å². The van der Waals surface area contributed by atoms with E-state index in [1.165, 1.54) is 11.1 Å². The lowest BCUT2D eigenvalue weighted by Gasteiger charge is -2.27. The number of rotatable bonds is 8. The monoisotopic (exact) mass is 589 g/mol. The lowest BCUT2D eigenvalue weighted by Crippen LogP contribution is -2.34. The zero-order valence-corrected chi connectivity index (χ0v) is 24.1. The number of carbonyl (C=O) groups is 3. The van der Waals surface area contributed by atoms with E-state index >= 15 is 0 Å². The zero-order chi connectivity index (χ0) is 29.6. The lowest BCUT2D eigenvalue weighted by atomic mass is 9.85. The molecule has 10 nitrogen and oxygen atoms in total. The molecule has 3 amide bonds. The number of ether oxygens (including phenoxy) is 1. The third-order valence-electron chi connectivity index (χ3n) is 7.47. The summed E-state index contributed by atoms with van der Waals surface area (Å²) in [5.41, 5.74) is 1.96. The second-order valence-electron chi connectivity index (χ2n) is 10.2. The minimum atomic E-state index is -0.590. The number of nitrogens with zero attached hydrogens (tertiary/aromatic N) is 2. The third kappa shape index (κ3) is 6.72. The van der Waals surface area contributed by atoms with E-state index in [4.69, 9.17) is 20.8 Å². The van der Waals surface area contributed by atoms with Crippen LogP contribution in [0.15, 0.2) is 71.3 Å². The summed E-state index contributed by atoms with van der Waals surface area (Å²) in [6, 6.07) is 18.0. The van der Waals surface area contributed by atoms with Gasteiger partial charge in [-0.3, -0.25) is 14.5 Å². The highest BCUT2D eigenvalue weighted by Crippen LogP contribution is 2.36. The van der Waals surface area contributed by atoms with Gasteiger partial charge >= 0.3 is 6.09 Å². The highest BCUT2D eigenvalue weighted by Gasteiger charge is 2.29. The van der Waals surface area contributed by atoms with Gasteiger partial charge in [-0.25, -0.2) is 9.78 Å². The largest absolute Gasteiger partial charge is 0.449 e. The van der Waals surface area contributed by atoms with Gasteiger partial charge in [0.15, 0.2) is 0 Å². The van der Waals surface area contributed by atoms with Crippen LogP contribution in [0.2, 0.25) is 5.02 Å². The summed E-state index contributed by atoms with van der Waals surface area (Å²) in [7, 11) is 3.52. The molecule has 1 aliphatic rings. The van der Waals surface area contributed by atoms with E-state index in [-0.39, 0.29) is 35.7 Å². The molecule has 0 radical (unpaired) electrons. The molecule has 2 aromatic heterocycles. The summed E-state index contributed by atoms with van der Waals surface area (Å²) in [5.74, 6) is -0.786. The Labute approximate surface area is 248 Å². The van der Waals surface area contributed by atoms with Gasteiger partial charge in [-0.1, -0.05) is 41.9 Å². The number of fused-ring (bicyclic) bond motifs is 1. The number of nitrogens with one attached hydrogen (secondary N) is 3. The third-order valence-corrected chi connectivity index (χ3v) is 7.69. The van der Waals surface area contributed by atoms with E-state index in [0.717, 1.165) is 31.2 Å². The topological polar surface area (TPSA) is 126 Å². The molecule has 1 fully saturated rings. The summed E-state index contributed by atoms with van der Waals surface area (Å²) in [4.78, 5) is 45.1. The van der Waals surface area contributed by atoms with E-state index in [1.54, 1.807) is 37.4 Å². The van der Waals surface area contributed by atoms with Crippen molar-refractivity contribution in [3.05, 3.63) is 83.2 Å². The maximum absolute atomic E-state index is 13.4. The number of hydrogen-bond donors (Lipinski definition) is 3. The van der Waals surface area contributed by atoms with Gasteiger partial charge in [0.25, 0.3) is 5.91 Å². The summed E-state index contributed by atoms with van der Waals surface area (Å²) < 4.78 is 11.4. The first-order chi connectivity index (χ1) is 20.3. The SMILES string of the molecule is CNC1CCC(C(=O)Nc2c(C(=O)Nc3ccc(Cl)cn3)oc3ccc(N(C)C(=O)OCc4ccccc4)cc23)CC1. The van der Waals surface area contributed by atoms with E-state index in [9.17, 15) is 14.4 Å². The van der Waals surface area contributed by atoms with Gasteiger partial charge in [0, 0.05) is 36.3 Å². The molecule has 2 aromatic carbocycles. The number of halogens is 1. The fourth-order valence-corrected chi connectivity index (χ4v) is 5.10. The van der Waals surface area contributed by atoms with Crippen molar-refractivity contribution < 1.29 is 23.5 Å². The maximum atomic E-state index is 13.4. The average Bonchev–Trinajstić information content (AvgIpc) is 3.38. The van der Waals surface area contributed by atoms with E-state index in [1.807, 2.05) is 37.4 Å². The van der Waals surface area contributed by atoms with E-state index in [2.05, 4.69) is 20.9 Å². The van der Waals surface area contributed by atoms with Crippen molar-refractivity contribution in [2.45, 2.75) is 38.3 Å². The van der Waals surface area contributed by atoms with Crippen LogP contribution in [0, 0.1) is 5.92 Å². The molecule has 4 aromatic rings. The van der Waals surface area contributed by atoms with E-state index < -0.39 is 12.0 Å². The molecule has 1 aliphatic carbocycles. The Hall–Kier alpha value is -4.41. The Bertz CT molecular complexity index is 1570. The number of anilines is 3. The number of aromatic nitrogens is 1. The molecule has 2 heterocycles. The van der Waals surface area contributed by atoms with Crippen molar-refractivity contribution in [3.8, 4) is 0 Å². The Morgan fingerprint density at radius 1 is 1.02 bits per heavy atom. The normalized spacial score (nSPS) is 16.5. The standard InChI is InChI=1S/C31H32ClN5O5/c1-33-22-11-8-20(9-12-22)29(38)36-27-24-16-23(37(2)31(40)41-18-19-6-4-3-5-7-19)13-14-25(24)42-28(27)30(39)35-26-15-10-21(32)17-34-26/h3-7,10,13-17,20,22,33H,8-9,11-12,18H2,1-2H3,(H,36,38)(H,34,35,39). The van der Waals surface area contributed by atoms with Crippen LogP contribution < -0.4 is 20.9 Å². The molecule has 11 heteroatoms. The molecule has 3 N–H and O–H groups in total. The number of pyridine rings is 1. The fourth-order valence-electron chi connectivity index (χ4n) is 4.99. The van der Waals surface area contributed by atoms with Gasteiger partial charge < -0.3 is 25.1 Å². The van der Waals surface area contributed by atoms with Gasteiger partial charge in [-0.05, 0) is 68.6 Å². The number of furan rings is 1. The minimum absolute atomic E-state index is 0.0783. The van der Waals surface area contributed by atoms with Crippen LogP contribution in [0.5, 0.6) is 0 Å². The van der Waals surface area contributed by atoms with Crippen molar-refractivity contribution >= 4 is 57.7 Å². The first kappa shape index (κ1) is 29.1. The van der Waals surface area contributed by atoms with Crippen molar-refractivity contribution in [1.29, 1.82) is 0 Å². The number of benzene rings is 2. The second kappa shape index (κ2) is 13.1. The van der Waals surface area contributed by atoms with E-state index in [0.29, 0.717) is 27.7 Å². The predicted octanol–water partition coefficient (Wildman–Crippen LogP) is 6.22. The van der Waals surface area contributed by atoms with Gasteiger partial charge in [0.2, 0.25) is 11.7 Å². The van der Waals surface area contributed by atoms with Crippen molar-refractivity contribution in [3.63, 3.8) is 0 Å². The molecular weight excluding hydrogens is 558 g/mol. The predicted molar refractivity (Wildman–Crippen MR) is 162 cm³/mol. The Morgan fingerprint density at radius 2 is 1.79 bits per heavy atom. The molecule has 218 valence electrons. The Balaban J connectivity index is 1.42. The quantitative estimate of drug-likeness (QED) is 0.223. The van der Waals surface area contributed by atoms with Crippen LogP contribution in [0.25, 0.3) is 11.0 Å². The molecule has 5 rings (SSSR count). The minimum Gasteiger partial charge on any atom is -0.449 e. The van der Waals surface area contributed by atoms with Crippen molar-refractivity contribution in [2.75, 3.05) is 29.6 Å².